The summed E-state index contributed by atoms with van der Waals surface area (Å²) in [5.74, 6) is -0.340. The minimum absolute atomic E-state index is 0.00917. The van der Waals surface area contributed by atoms with Crippen molar-refractivity contribution in [2.45, 2.75) is 45.1 Å². The molecule has 5 heteroatoms. The number of nitrogens with zero attached hydrogens (tertiary/aromatic N) is 1. The molecule has 0 saturated heterocycles. The van der Waals surface area contributed by atoms with E-state index in [0.717, 1.165) is 32.2 Å². The predicted octanol–water partition coefficient (Wildman–Crippen LogP) is 0.930. The molecule has 0 heterocycles. The highest BCUT2D eigenvalue weighted by molar-refractivity contribution is 5.89. The molecule has 0 aromatic rings. The third-order valence-electron chi connectivity index (χ3n) is 3.40. The van der Waals surface area contributed by atoms with Crippen molar-refractivity contribution in [3.05, 3.63) is 0 Å². The number of amides is 1. The number of hydrogen-bond acceptors (Lipinski definition) is 4. The molecule has 0 radical (unpaired) electrons. The molecular weight excluding hydrogens is 232 g/mol. The monoisotopic (exact) mass is 256 g/mol. The van der Waals surface area contributed by atoms with Crippen LogP contribution in [0.2, 0.25) is 0 Å². The Bertz CT molecular complexity index is 299. The molecule has 0 unspecified atom stereocenters. The van der Waals surface area contributed by atoms with Crippen LogP contribution < -0.4 is 5.32 Å². The first kappa shape index (κ1) is 15.0. The van der Waals surface area contributed by atoms with Crippen LogP contribution in [0.25, 0.3) is 0 Å². The van der Waals surface area contributed by atoms with Crippen molar-refractivity contribution in [3.63, 3.8) is 0 Å². The summed E-state index contributed by atoms with van der Waals surface area (Å²) < 4.78 is 4.87. The Labute approximate surface area is 109 Å². The summed E-state index contributed by atoms with van der Waals surface area (Å²) in [5.41, 5.74) is -0.462. The fourth-order valence-electron chi connectivity index (χ4n) is 2.62. The van der Waals surface area contributed by atoms with Crippen molar-refractivity contribution in [2.24, 2.45) is 0 Å². The Kier molecular flexibility index (Phi) is 5.59. The molecular formula is C13H24N2O3. The number of nitrogens with one attached hydrogen (secondary N) is 1. The van der Waals surface area contributed by atoms with Crippen LogP contribution in [0, 0.1) is 0 Å². The lowest BCUT2D eigenvalue weighted by molar-refractivity contribution is -0.150. The van der Waals surface area contributed by atoms with Gasteiger partial charge in [-0.3, -0.25) is 9.59 Å². The number of rotatable bonds is 6. The normalized spacial score (nSPS) is 17.5. The van der Waals surface area contributed by atoms with Crippen molar-refractivity contribution >= 4 is 11.9 Å². The summed E-state index contributed by atoms with van der Waals surface area (Å²) in [6.07, 6.45) is 3.83. The van der Waals surface area contributed by atoms with Crippen LogP contribution in [-0.2, 0) is 14.3 Å². The van der Waals surface area contributed by atoms with Crippen molar-refractivity contribution < 1.29 is 14.3 Å². The molecule has 0 aromatic carbocycles. The quantitative estimate of drug-likeness (QED) is 0.718. The zero-order valence-corrected chi connectivity index (χ0v) is 11.6. The summed E-state index contributed by atoms with van der Waals surface area (Å²) in [7, 11) is 1.66. The lowest BCUT2D eigenvalue weighted by Gasteiger charge is -2.32. The average Bonchev–Trinajstić information content (AvgIpc) is 2.78. The Morgan fingerprint density at radius 3 is 2.39 bits per heavy atom. The smallest absolute Gasteiger partial charge is 0.325 e. The topological polar surface area (TPSA) is 58.6 Å². The van der Waals surface area contributed by atoms with Crippen molar-refractivity contribution in [2.75, 3.05) is 26.7 Å². The summed E-state index contributed by atoms with van der Waals surface area (Å²) in [6.45, 7) is 4.90. The van der Waals surface area contributed by atoms with E-state index in [1.807, 2.05) is 6.92 Å². The molecule has 0 aliphatic heterocycles. The van der Waals surface area contributed by atoms with Gasteiger partial charge < -0.3 is 15.0 Å². The number of carbonyl (C=O) groups excluding carboxylic acids is 2. The first-order valence-electron chi connectivity index (χ1n) is 6.72. The first-order valence-corrected chi connectivity index (χ1v) is 6.72. The predicted molar refractivity (Wildman–Crippen MR) is 69.1 cm³/mol. The maximum atomic E-state index is 12.5. The van der Waals surface area contributed by atoms with Gasteiger partial charge >= 0.3 is 5.97 Å². The molecule has 104 valence electrons. The summed E-state index contributed by atoms with van der Waals surface area (Å²) in [6, 6.07) is 0. The van der Waals surface area contributed by atoms with Crippen LogP contribution in [0.1, 0.15) is 39.5 Å². The van der Waals surface area contributed by atoms with E-state index in [9.17, 15) is 9.59 Å². The lowest BCUT2D eigenvalue weighted by Crippen LogP contribution is -2.56. The zero-order chi connectivity index (χ0) is 13.6. The van der Waals surface area contributed by atoms with Gasteiger partial charge in [0.2, 0.25) is 5.91 Å². The molecule has 0 aromatic heterocycles. The second kappa shape index (κ2) is 6.73. The maximum absolute atomic E-state index is 12.5. The molecule has 1 aliphatic rings. The van der Waals surface area contributed by atoms with Gasteiger partial charge in [0.05, 0.1) is 12.1 Å². The Morgan fingerprint density at radius 1 is 1.28 bits per heavy atom. The highest BCUT2D eigenvalue weighted by Gasteiger charge is 2.42. The van der Waals surface area contributed by atoms with Crippen molar-refractivity contribution in [1.29, 1.82) is 0 Å². The molecule has 1 saturated carbocycles. The third kappa shape index (κ3) is 3.45. The van der Waals surface area contributed by atoms with Crippen LogP contribution in [-0.4, -0.2) is 49.1 Å². The van der Waals surface area contributed by atoms with E-state index < -0.39 is 5.54 Å². The molecule has 5 nitrogen and oxygen atoms in total. The lowest BCUT2D eigenvalue weighted by atomic mass is 9.95. The molecule has 18 heavy (non-hydrogen) atoms. The minimum Gasteiger partial charge on any atom is -0.465 e. The molecule has 1 N–H and O–H groups in total. The van der Waals surface area contributed by atoms with Crippen LogP contribution in [0.4, 0.5) is 0 Å². The molecule has 1 fully saturated rings. The van der Waals surface area contributed by atoms with E-state index in [1.54, 1.807) is 14.0 Å². The van der Waals surface area contributed by atoms with Crippen LogP contribution >= 0.6 is 0 Å². The molecule has 0 atom stereocenters. The highest BCUT2D eigenvalue weighted by Crippen LogP contribution is 2.31. The van der Waals surface area contributed by atoms with Gasteiger partial charge in [0.15, 0.2) is 0 Å². The number of hydrogen-bond donors (Lipinski definition) is 1. The number of likely N-dealkylation sites (N-methyl/N-ethyl adjacent to an activating group) is 2. The number of carbonyl (C=O) groups is 2. The molecule has 1 rings (SSSR count). The van der Waals surface area contributed by atoms with Gasteiger partial charge in [-0.2, -0.15) is 0 Å². The van der Waals surface area contributed by atoms with Gasteiger partial charge in [0.1, 0.15) is 6.54 Å². The van der Waals surface area contributed by atoms with E-state index in [4.69, 9.17) is 4.74 Å². The number of ether oxygens (including phenoxy) is 1. The van der Waals surface area contributed by atoms with Crippen molar-refractivity contribution in [1.82, 2.24) is 10.2 Å². The van der Waals surface area contributed by atoms with Gasteiger partial charge in [-0.25, -0.2) is 0 Å². The van der Waals surface area contributed by atoms with E-state index in [0.29, 0.717) is 6.61 Å². The fourth-order valence-corrected chi connectivity index (χ4v) is 2.62. The Morgan fingerprint density at radius 2 is 1.89 bits per heavy atom. The molecule has 0 bridgehead atoms. The second-order valence-corrected chi connectivity index (χ2v) is 4.79. The summed E-state index contributed by atoms with van der Waals surface area (Å²) in [4.78, 5) is 25.3. The number of esters is 1. The van der Waals surface area contributed by atoms with E-state index in [2.05, 4.69) is 5.32 Å². The molecule has 0 spiro atoms. The van der Waals surface area contributed by atoms with Gasteiger partial charge in [-0.15, -0.1) is 0 Å². The highest BCUT2D eigenvalue weighted by atomic mass is 16.5. The van der Waals surface area contributed by atoms with E-state index >= 15 is 0 Å². The van der Waals surface area contributed by atoms with Crippen molar-refractivity contribution in [3.8, 4) is 0 Å². The standard InChI is InChI=1S/C13H24N2O3/c1-4-14-13(8-6-7-9-13)12(17)15(3)10-11(16)18-5-2/h14H,4-10H2,1-3H3. The Hall–Kier alpha value is -1.10. The maximum Gasteiger partial charge on any atom is 0.325 e. The van der Waals surface area contributed by atoms with Crippen LogP contribution in [0.15, 0.2) is 0 Å². The van der Waals surface area contributed by atoms with E-state index in [-0.39, 0.29) is 18.4 Å². The van der Waals surface area contributed by atoms with Gasteiger partial charge in [-0.05, 0) is 26.3 Å². The largest absolute Gasteiger partial charge is 0.465 e. The van der Waals surface area contributed by atoms with E-state index in [1.165, 1.54) is 4.90 Å². The van der Waals surface area contributed by atoms with Gasteiger partial charge in [-0.1, -0.05) is 19.8 Å². The fraction of sp³-hybridized carbons (Fsp3) is 0.846. The van der Waals surface area contributed by atoms with Gasteiger partial charge in [0.25, 0.3) is 0 Å². The van der Waals surface area contributed by atoms with Crippen LogP contribution in [0.3, 0.4) is 0 Å². The minimum atomic E-state index is -0.462. The zero-order valence-electron chi connectivity index (χ0n) is 11.6. The average molecular weight is 256 g/mol. The second-order valence-electron chi connectivity index (χ2n) is 4.79. The van der Waals surface area contributed by atoms with Gasteiger partial charge in [0, 0.05) is 7.05 Å². The first-order chi connectivity index (χ1) is 8.55. The molecule has 1 amide bonds. The third-order valence-corrected chi connectivity index (χ3v) is 3.40. The SMILES string of the molecule is CCNC1(C(=O)N(C)CC(=O)OCC)CCCC1. The summed E-state index contributed by atoms with van der Waals surface area (Å²) >= 11 is 0. The summed E-state index contributed by atoms with van der Waals surface area (Å²) in [5, 5.41) is 3.30. The Balaban J connectivity index is 2.62. The van der Waals surface area contributed by atoms with Crippen LogP contribution in [0.5, 0.6) is 0 Å². The molecule has 1 aliphatic carbocycles.